The molecule has 13 nitrogen and oxygen atoms in total. The van der Waals surface area contributed by atoms with Gasteiger partial charge < -0.3 is 33.9 Å². The quantitative estimate of drug-likeness (QED) is 0.239. The molecule has 0 aliphatic heterocycles. The van der Waals surface area contributed by atoms with Gasteiger partial charge >= 0.3 is 29.8 Å². The van der Waals surface area contributed by atoms with Gasteiger partial charge in [0.1, 0.15) is 23.4 Å². The molecule has 2 aliphatic carbocycles. The minimum Gasteiger partial charge on any atom is -0.459 e. The molecular formula is C37H48O13. The molecule has 50 heavy (non-hydrogen) atoms. The number of aliphatic hydroxyl groups is 2. The molecule has 13 heteroatoms. The number of hydrogen-bond donors (Lipinski definition) is 2. The molecule has 274 valence electrons. The van der Waals surface area contributed by atoms with Crippen molar-refractivity contribution in [3.63, 3.8) is 0 Å². The fourth-order valence-electron chi connectivity index (χ4n) is 6.62. The van der Waals surface area contributed by atoms with Crippen LogP contribution in [0.1, 0.15) is 79.1 Å². The number of fused-ring (bicyclic) bond motifs is 1. The largest absolute Gasteiger partial charge is 0.459 e. The SMILES string of the molecule is C=C1[C@H](OC(=O)c2ccccc2)[C@@H](OC(C)=O)[C@@H](OC(C)=O)C(C)(C)/C=C/[C@H](C)C(=O)[C@@]2(O)C[C@@](C)(O)[C@H](OC(C)=O)[C@@H]2[C@H]1OC(=O)C(C)C. The van der Waals surface area contributed by atoms with E-state index in [0.29, 0.717) is 0 Å². The molecule has 3 rings (SSSR count). The number of carbonyl (C=O) groups excluding carboxylic acids is 6. The number of Topliss-reactive ketones (excluding diaryl/α,β-unsaturated/α-hetero) is 1. The topological polar surface area (TPSA) is 189 Å². The summed E-state index contributed by atoms with van der Waals surface area (Å²) in [5, 5.41) is 24.1. The molecule has 2 aliphatic rings. The molecule has 9 atom stereocenters. The number of benzene rings is 1. The molecule has 1 aromatic rings. The smallest absolute Gasteiger partial charge is 0.338 e. The molecule has 0 amide bonds. The first kappa shape index (κ1) is 40.1. The standard InChI is InChI=1S/C37H48O13/c1-19(2)33(42)49-27-21(4)28(50-34(43)25-14-12-11-13-15-25)29(46-22(5)38)32(48-24(7)40)35(8,9)17-16-20(3)30(41)37(45)18-36(10,44)31(26(27)37)47-23(6)39/h11-17,19-20,26-29,31-32,44-45H,4,18H2,1-3,5-10H3/b17-16+/t20-,26-,27-,28-,29+,31+,32+,36+,37+/m0/s1. The van der Waals surface area contributed by atoms with Gasteiger partial charge in [-0.05, 0) is 19.1 Å². The Morgan fingerprint density at radius 2 is 1.36 bits per heavy atom. The lowest BCUT2D eigenvalue weighted by molar-refractivity contribution is -0.187. The first-order valence-electron chi connectivity index (χ1n) is 16.4. The van der Waals surface area contributed by atoms with Gasteiger partial charge in [-0.25, -0.2) is 4.79 Å². The van der Waals surface area contributed by atoms with Crippen molar-refractivity contribution in [1.82, 2.24) is 0 Å². The van der Waals surface area contributed by atoms with E-state index in [9.17, 15) is 39.0 Å². The zero-order valence-electron chi connectivity index (χ0n) is 30.0. The number of esters is 5. The summed E-state index contributed by atoms with van der Waals surface area (Å²) in [6, 6.07) is 7.74. The van der Waals surface area contributed by atoms with Gasteiger partial charge in [0.2, 0.25) is 0 Å². The molecule has 0 bridgehead atoms. The van der Waals surface area contributed by atoms with Crippen molar-refractivity contribution in [2.45, 2.75) is 110 Å². The van der Waals surface area contributed by atoms with Crippen molar-refractivity contribution < 1.29 is 62.7 Å². The third kappa shape index (κ3) is 8.67. The number of rotatable bonds is 7. The van der Waals surface area contributed by atoms with Crippen molar-refractivity contribution in [2.24, 2.45) is 23.2 Å². The number of hydrogen-bond acceptors (Lipinski definition) is 13. The lowest BCUT2D eigenvalue weighted by atomic mass is 9.72. The van der Waals surface area contributed by atoms with Crippen LogP contribution < -0.4 is 0 Å². The second kappa shape index (κ2) is 15.3. The summed E-state index contributed by atoms with van der Waals surface area (Å²) in [5.74, 6) is -8.74. The molecule has 2 N–H and O–H groups in total. The van der Waals surface area contributed by atoms with Crippen LogP contribution >= 0.6 is 0 Å². The third-order valence-electron chi connectivity index (χ3n) is 9.01. The van der Waals surface area contributed by atoms with Crippen molar-refractivity contribution in [3.05, 3.63) is 60.2 Å². The average molecular weight is 701 g/mol. The summed E-state index contributed by atoms with van der Waals surface area (Å²) >= 11 is 0. The van der Waals surface area contributed by atoms with Crippen molar-refractivity contribution in [2.75, 3.05) is 0 Å². The Morgan fingerprint density at radius 1 is 0.820 bits per heavy atom. The molecule has 1 aromatic carbocycles. The summed E-state index contributed by atoms with van der Waals surface area (Å²) in [5.41, 5.74) is -6.11. The maximum atomic E-state index is 14.3. The van der Waals surface area contributed by atoms with E-state index in [1.54, 1.807) is 32.0 Å². The molecule has 0 unspecified atom stereocenters. The predicted molar refractivity (Wildman–Crippen MR) is 177 cm³/mol. The highest BCUT2D eigenvalue weighted by molar-refractivity contribution is 5.92. The van der Waals surface area contributed by atoms with E-state index < -0.39 is 107 Å². The average Bonchev–Trinajstić information content (AvgIpc) is 3.21. The number of carbonyl (C=O) groups is 6. The molecule has 0 heterocycles. The Labute approximate surface area is 291 Å². The first-order valence-corrected chi connectivity index (χ1v) is 16.4. The lowest BCUT2D eigenvalue weighted by Gasteiger charge is -2.44. The maximum absolute atomic E-state index is 14.3. The van der Waals surface area contributed by atoms with Gasteiger partial charge in [-0.3, -0.25) is 24.0 Å². The zero-order valence-corrected chi connectivity index (χ0v) is 30.0. The van der Waals surface area contributed by atoms with Crippen LogP contribution in [0.15, 0.2) is 54.6 Å². The molecule has 0 spiro atoms. The summed E-state index contributed by atoms with van der Waals surface area (Å²) in [7, 11) is 0. The highest BCUT2D eigenvalue weighted by Crippen LogP contribution is 2.51. The molecule has 0 saturated heterocycles. The number of ketones is 1. The molecular weight excluding hydrogens is 652 g/mol. The van der Waals surface area contributed by atoms with Crippen LogP contribution in [0.2, 0.25) is 0 Å². The Bertz CT molecular complexity index is 1520. The normalized spacial score (nSPS) is 33.2. The molecule has 0 radical (unpaired) electrons. The Kier molecular flexibility index (Phi) is 12.2. The van der Waals surface area contributed by atoms with E-state index in [-0.39, 0.29) is 11.1 Å². The highest BCUT2D eigenvalue weighted by Gasteiger charge is 2.68. The van der Waals surface area contributed by atoms with Gasteiger partial charge in [0.25, 0.3) is 0 Å². The van der Waals surface area contributed by atoms with Crippen LogP contribution in [0.4, 0.5) is 0 Å². The van der Waals surface area contributed by atoms with E-state index in [1.165, 1.54) is 52.0 Å². The van der Waals surface area contributed by atoms with E-state index in [0.717, 1.165) is 20.8 Å². The number of allylic oxidation sites excluding steroid dienone is 1. The summed E-state index contributed by atoms with van der Waals surface area (Å²) in [6.45, 7) is 16.4. The highest BCUT2D eigenvalue weighted by atomic mass is 16.6. The number of ether oxygens (including phenoxy) is 5. The second-order valence-electron chi connectivity index (χ2n) is 14.2. The first-order chi connectivity index (χ1) is 23.0. The Morgan fingerprint density at radius 3 is 1.88 bits per heavy atom. The molecule has 1 saturated carbocycles. The van der Waals surface area contributed by atoms with Gasteiger partial charge in [0.15, 0.2) is 24.1 Å². The summed E-state index contributed by atoms with van der Waals surface area (Å²) < 4.78 is 29.1. The minimum atomic E-state index is -2.53. The van der Waals surface area contributed by atoms with Crippen molar-refractivity contribution >= 4 is 35.6 Å². The summed E-state index contributed by atoms with van der Waals surface area (Å²) in [6.07, 6.45) is -6.05. The fraction of sp³-hybridized carbons (Fsp3) is 0.568. The van der Waals surface area contributed by atoms with Crippen LogP contribution in [0.3, 0.4) is 0 Å². The third-order valence-corrected chi connectivity index (χ3v) is 9.01. The van der Waals surface area contributed by atoms with Crippen molar-refractivity contribution in [3.8, 4) is 0 Å². The van der Waals surface area contributed by atoms with Crippen LogP contribution in [-0.4, -0.2) is 87.6 Å². The van der Waals surface area contributed by atoms with Gasteiger partial charge in [0, 0.05) is 44.1 Å². The van der Waals surface area contributed by atoms with Crippen molar-refractivity contribution in [1.29, 1.82) is 0 Å². The van der Waals surface area contributed by atoms with Crippen LogP contribution in [-0.2, 0) is 47.7 Å². The fourth-order valence-corrected chi connectivity index (χ4v) is 6.62. The maximum Gasteiger partial charge on any atom is 0.338 e. The monoisotopic (exact) mass is 700 g/mol. The zero-order chi connectivity index (χ0) is 37.9. The van der Waals surface area contributed by atoms with Crippen LogP contribution in [0, 0.1) is 23.2 Å². The summed E-state index contributed by atoms with van der Waals surface area (Å²) in [4.78, 5) is 79.3. The van der Waals surface area contributed by atoms with Crippen LogP contribution in [0.5, 0.6) is 0 Å². The van der Waals surface area contributed by atoms with Gasteiger partial charge in [-0.15, -0.1) is 0 Å². The van der Waals surface area contributed by atoms with E-state index >= 15 is 0 Å². The van der Waals surface area contributed by atoms with Gasteiger partial charge in [-0.2, -0.15) is 0 Å². The van der Waals surface area contributed by atoms with Gasteiger partial charge in [-0.1, -0.05) is 71.5 Å². The molecule has 0 aromatic heterocycles. The Hall–Kier alpha value is -4.36. The van der Waals surface area contributed by atoms with E-state index in [2.05, 4.69) is 6.58 Å². The van der Waals surface area contributed by atoms with E-state index in [4.69, 9.17) is 23.7 Å². The van der Waals surface area contributed by atoms with E-state index in [1.807, 2.05) is 0 Å². The minimum absolute atomic E-state index is 0.0639. The van der Waals surface area contributed by atoms with Crippen LogP contribution in [0.25, 0.3) is 0 Å². The lowest BCUT2D eigenvalue weighted by Crippen LogP contribution is -2.58. The second-order valence-corrected chi connectivity index (χ2v) is 14.2. The molecule has 1 fully saturated rings. The Balaban J connectivity index is 2.49. The predicted octanol–water partition coefficient (Wildman–Crippen LogP) is 3.43. The van der Waals surface area contributed by atoms with Gasteiger partial charge in [0.05, 0.1) is 17.4 Å².